The fraction of sp³-hybridized carbons (Fsp3) is 0.348. The van der Waals surface area contributed by atoms with Crippen LogP contribution in [0, 0.1) is 0 Å². The molecule has 2 aliphatic heterocycles. The van der Waals surface area contributed by atoms with Crippen molar-refractivity contribution in [1.82, 2.24) is 19.9 Å². The maximum atomic E-state index is 6.40. The van der Waals surface area contributed by atoms with Crippen LogP contribution in [0.3, 0.4) is 0 Å². The van der Waals surface area contributed by atoms with Gasteiger partial charge in [0.1, 0.15) is 5.82 Å². The molecule has 32 heavy (non-hydrogen) atoms. The molecule has 4 heterocycles. The first kappa shape index (κ1) is 21.2. The molecule has 0 unspecified atom stereocenters. The highest BCUT2D eigenvalue weighted by molar-refractivity contribution is 6.33. The Hall–Kier alpha value is -2.61. The van der Waals surface area contributed by atoms with Crippen LogP contribution in [-0.2, 0) is 6.54 Å². The molecule has 2 aliphatic rings. The van der Waals surface area contributed by atoms with E-state index < -0.39 is 0 Å². The summed E-state index contributed by atoms with van der Waals surface area (Å²) in [7, 11) is 2.15. The second-order valence-electron chi connectivity index (χ2n) is 8.21. The van der Waals surface area contributed by atoms with Gasteiger partial charge in [0.15, 0.2) is 11.6 Å². The molecule has 0 saturated carbocycles. The zero-order valence-corrected chi connectivity index (χ0v) is 19.4. The van der Waals surface area contributed by atoms with E-state index >= 15 is 0 Å². The lowest BCUT2D eigenvalue weighted by Crippen LogP contribution is -2.44. The molecule has 0 amide bonds. The smallest absolute Gasteiger partial charge is 0.172 e. The van der Waals surface area contributed by atoms with Crippen LogP contribution in [0.25, 0.3) is 11.3 Å². The van der Waals surface area contributed by atoms with Gasteiger partial charge in [-0.2, -0.15) is 0 Å². The second-order valence-corrected chi connectivity index (χ2v) is 9.05. The zero-order chi connectivity index (χ0) is 22.1. The summed E-state index contributed by atoms with van der Waals surface area (Å²) in [5.74, 6) is 2.60. The van der Waals surface area contributed by atoms with Crippen LogP contribution < -0.4 is 15.1 Å². The van der Waals surface area contributed by atoms with E-state index in [-0.39, 0.29) is 0 Å². The Bertz CT molecular complexity index is 1100. The van der Waals surface area contributed by atoms with Crippen LogP contribution >= 0.6 is 23.2 Å². The quantitative estimate of drug-likeness (QED) is 0.618. The SMILES string of the molecule is CN1CCN(c2ccc(-c3cnc4c(n3)N(Cc3cc(Cl)ccc3Cl)CCN4)cn2)CC1. The standard InChI is InChI=1S/C23H25Cl2N7/c1-30-8-10-31(11-9-30)21-5-2-16(13-27-21)20-14-28-22-23(29-20)32(7-6-26-22)15-17-12-18(24)3-4-19(17)25/h2-5,12-14H,6-11,15H2,1H3,(H,26,28). The van der Waals surface area contributed by atoms with E-state index in [9.17, 15) is 0 Å². The molecule has 0 aliphatic carbocycles. The number of hydrogen-bond donors (Lipinski definition) is 1. The van der Waals surface area contributed by atoms with Gasteiger partial charge in [0.25, 0.3) is 0 Å². The molecule has 0 atom stereocenters. The summed E-state index contributed by atoms with van der Waals surface area (Å²) in [5.41, 5.74) is 2.72. The molecule has 1 fully saturated rings. The average molecular weight is 470 g/mol. The molecular weight excluding hydrogens is 445 g/mol. The molecule has 7 nitrogen and oxygen atoms in total. The number of likely N-dealkylation sites (N-methyl/N-ethyl adjacent to an activating group) is 1. The second kappa shape index (κ2) is 9.10. The minimum Gasteiger partial charge on any atom is -0.365 e. The van der Waals surface area contributed by atoms with Crippen LogP contribution in [0.1, 0.15) is 5.56 Å². The van der Waals surface area contributed by atoms with Gasteiger partial charge in [0.2, 0.25) is 0 Å². The molecule has 5 rings (SSSR count). The van der Waals surface area contributed by atoms with Gasteiger partial charge in [-0.3, -0.25) is 0 Å². The van der Waals surface area contributed by atoms with Crippen LogP contribution in [0.4, 0.5) is 17.5 Å². The van der Waals surface area contributed by atoms with Crippen molar-refractivity contribution in [2.45, 2.75) is 6.54 Å². The molecule has 166 valence electrons. The zero-order valence-electron chi connectivity index (χ0n) is 17.9. The molecule has 3 aromatic rings. The van der Waals surface area contributed by atoms with Crippen molar-refractivity contribution < 1.29 is 0 Å². The fourth-order valence-electron chi connectivity index (χ4n) is 4.06. The topological polar surface area (TPSA) is 60.4 Å². The summed E-state index contributed by atoms with van der Waals surface area (Å²) in [6.07, 6.45) is 3.69. The number of benzene rings is 1. The van der Waals surface area contributed by atoms with Gasteiger partial charge >= 0.3 is 0 Å². The van der Waals surface area contributed by atoms with Gasteiger partial charge in [-0.15, -0.1) is 0 Å². The maximum absolute atomic E-state index is 6.40. The molecule has 0 bridgehead atoms. The number of aromatic nitrogens is 3. The van der Waals surface area contributed by atoms with Crippen molar-refractivity contribution in [3.8, 4) is 11.3 Å². The molecule has 0 radical (unpaired) electrons. The lowest BCUT2D eigenvalue weighted by atomic mass is 10.2. The Balaban J connectivity index is 1.39. The molecule has 2 aromatic heterocycles. The third-order valence-electron chi connectivity index (χ3n) is 5.97. The third-order valence-corrected chi connectivity index (χ3v) is 6.57. The fourth-order valence-corrected chi connectivity index (χ4v) is 4.44. The third kappa shape index (κ3) is 4.46. The van der Waals surface area contributed by atoms with Crippen LogP contribution in [0.15, 0.2) is 42.7 Å². The van der Waals surface area contributed by atoms with Gasteiger partial charge in [0.05, 0.1) is 11.9 Å². The van der Waals surface area contributed by atoms with Gasteiger partial charge in [-0.25, -0.2) is 15.0 Å². The Morgan fingerprint density at radius 3 is 2.59 bits per heavy atom. The predicted molar refractivity (Wildman–Crippen MR) is 131 cm³/mol. The Labute approximate surface area is 198 Å². The van der Waals surface area contributed by atoms with Crippen molar-refractivity contribution in [1.29, 1.82) is 0 Å². The lowest BCUT2D eigenvalue weighted by Gasteiger charge is -2.33. The first-order valence-corrected chi connectivity index (χ1v) is 11.5. The van der Waals surface area contributed by atoms with Crippen molar-refractivity contribution in [2.75, 3.05) is 61.4 Å². The highest BCUT2D eigenvalue weighted by Gasteiger charge is 2.22. The summed E-state index contributed by atoms with van der Waals surface area (Å²) in [6.45, 7) is 6.31. The Kier molecular flexibility index (Phi) is 6.04. The largest absolute Gasteiger partial charge is 0.365 e. The summed E-state index contributed by atoms with van der Waals surface area (Å²) in [6, 6.07) is 9.69. The molecule has 1 N–H and O–H groups in total. The number of halogens is 2. The van der Waals surface area contributed by atoms with Gasteiger partial charge in [-0.05, 0) is 42.9 Å². The van der Waals surface area contributed by atoms with E-state index in [1.807, 2.05) is 18.3 Å². The van der Waals surface area contributed by atoms with Crippen molar-refractivity contribution in [3.63, 3.8) is 0 Å². The number of anilines is 3. The molecule has 1 saturated heterocycles. The summed E-state index contributed by atoms with van der Waals surface area (Å²) >= 11 is 12.6. The number of rotatable bonds is 4. The first-order valence-electron chi connectivity index (χ1n) is 10.8. The van der Waals surface area contributed by atoms with E-state index in [4.69, 9.17) is 33.2 Å². The highest BCUT2D eigenvalue weighted by atomic mass is 35.5. The number of pyridine rings is 1. The maximum Gasteiger partial charge on any atom is 0.172 e. The summed E-state index contributed by atoms with van der Waals surface area (Å²) in [4.78, 5) is 21.1. The summed E-state index contributed by atoms with van der Waals surface area (Å²) in [5, 5.41) is 4.71. The van der Waals surface area contributed by atoms with Crippen LogP contribution in [-0.4, -0.2) is 66.2 Å². The van der Waals surface area contributed by atoms with Gasteiger partial charge in [0, 0.05) is 67.6 Å². The van der Waals surface area contributed by atoms with E-state index in [1.165, 1.54) is 0 Å². The molecular formula is C23H25Cl2N7. The normalized spacial score (nSPS) is 16.6. The Morgan fingerprint density at radius 1 is 0.969 bits per heavy atom. The molecule has 0 spiro atoms. The molecule has 1 aromatic carbocycles. The first-order chi connectivity index (χ1) is 15.6. The number of hydrogen-bond acceptors (Lipinski definition) is 7. The minimum atomic E-state index is 0.618. The minimum absolute atomic E-state index is 0.618. The predicted octanol–water partition coefficient (Wildman–Crippen LogP) is 4.03. The van der Waals surface area contributed by atoms with E-state index in [1.54, 1.807) is 12.3 Å². The van der Waals surface area contributed by atoms with E-state index in [0.29, 0.717) is 16.6 Å². The number of fused-ring (bicyclic) bond motifs is 1. The monoisotopic (exact) mass is 469 g/mol. The van der Waals surface area contributed by atoms with E-state index in [2.05, 4.69) is 44.2 Å². The van der Waals surface area contributed by atoms with Crippen molar-refractivity contribution in [3.05, 3.63) is 58.3 Å². The van der Waals surface area contributed by atoms with Crippen molar-refractivity contribution in [2.24, 2.45) is 0 Å². The van der Waals surface area contributed by atoms with Crippen LogP contribution in [0.2, 0.25) is 10.0 Å². The highest BCUT2D eigenvalue weighted by Crippen LogP contribution is 2.31. The molecule has 9 heteroatoms. The van der Waals surface area contributed by atoms with Gasteiger partial charge in [-0.1, -0.05) is 23.2 Å². The Morgan fingerprint density at radius 2 is 1.81 bits per heavy atom. The average Bonchev–Trinajstić information content (AvgIpc) is 2.82. The summed E-state index contributed by atoms with van der Waals surface area (Å²) < 4.78 is 0. The number of nitrogens with zero attached hydrogens (tertiary/aromatic N) is 6. The van der Waals surface area contributed by atoms with Crippen LogP contribution in [0.5, 0.6) is 0 Å². The van der Waals surface area contributed by atoms with Gasteiger partial charge < -0.3 is 20.0 Å². The van der Waals surface area contributed by atoms with Crippen molar-refractivity contribution >= 4 is 40.7 Å². The number of nitrogens with one attached hydrogen (secondary N) is 1. The van der Waals surface area contributed by atoms with E-state index in [0.717, 1.165) is 73.5 Å². The number of piperazine rings is 1. The lowest BCUT2D eigenvalue weighted by molar-refractivity contribution is 0.312.